The Balaban J connectivity index is 1.78. The molecule has 3 heteroatoms. The van der Waals surface area contributed by atoms with E-state index in [4.69, 9.17) is 5.26 Å². The second-order valence-electron chi connectivity index (χ2n) is 6.23. The van der Waals surface area contributed by atoms with Crippen LogP contribution in [0.5, 0.6) is 0 Å². The van der Waals surface area contributed by atoms with Gasteiger partial charge < -0.3 is 10.2 Å². The van der Waals surface area contributed by atoms with E-state index >= 15 is 0 Å². The molecule has 102 valence electrons. The van der Waals surface area contributed by atoms with Crippen molar-refractivity contribution < 1.29 is 0 Å². The van der Waals surface area contributed by atoms with Gasteiger partial charge >= 0.3 is 0 Å². The van der Waals surface area contributed by atoms with E-state index in [1.54, 1.807) is 0 Å². The van der Waals surface area contributed by atoms with Crippen LogP contribution in [-0.4, -0.2) is 36.6 Å². The third kappa shape index (κ3) is 3.05. The van der Waals surface area contributed by atoms with Crippen LogP contribution in [0.2, 0.25) is 0 Å². The minimum Gasteiger partial charge on any atom is -0.303 e. The molecule has 0 aromatic rings. The molecule has 18 heavy (non-hydrogen) atoms. The minimum atomic E-state index is -0.342. The molecule has 0 amide bonds. The highest BCUT2D eigenvalue weighted by Gasteiger charge is 2.34. The summed E-state index contributed by atoms with van der Waals surface area (Å²) in [5.41, 5.74) is -0.342. The summed E-state index contributed by atoms with van der Waals surface area (Å²) in [5, 5.41) is 12.3. The molecule has 1 aliphatic carbocycles. The van der Waals surface area contributed by atoms with Crippen LogP contribution in [-0.2, 0) is 0 Å². The minimum absolute atomic E-state index is 0.342. The number of piperidine rings is 1. The van der Waals surface area contributed by atoms with Crippen LogP contribution in [0.25, 0.3) is 0 Å². The number of fused-ring (bicyclic) bond motifs is 1. The van der Waals surface area contributed by atoms with Crippen molar-refractivity contribution in [3.63, 3.8) is 0 Å². The van der Waals surface area contributed by atoms with Crippen LogP contribution in [0.3, 0.4) is 0 Å². The lowest BCUT2D eigenvalue weighted by Gasteiger charge is -2.38. The molecular formula is C15H27N3. The van der Waals surface area contributed by atoms with Gasteiger partial charge in [0.2, 0.25) is 0 Å². The van der Waals surface area contributed by atoms with Gasteiger partial charge in [-0.15, -0.1) is 0 Å². The normalized spacial score (nSPS) is 31.6. The zero-order valence-electron chi connectivity index (χ0n) is 11.9. The number of nitriles is 1. The maximum absolute atomic E-state index is 9.15. The highest BCUT2D eigenvalue weighted by molar-refractivity contribution is 5.02. The zero-order valence-corrected chi connectivity index (χ0v) is 11.9. The molecule has 2 aliphatic rings. The second-order valence-corrected chi connectivity index (χ2v) is 6.23. The van der Waals surface area contributed by atoms with Crippen LogP contribution in [0.15, 0.2) is 0 Å². The summed E-state index contributed by atoms with van der Waals surface area (Å²) in [6, 6.07) is 3.25. The molecule has 0 aromatic heterocycles. The van der Waals surface area contributed by atoms with Crippen molar-refractivity contribution >= 4 is 0 Å². The fourth-order valence-electron chi connectivity index (χ4n) is 3.71. The van der Waals surface area contributed by atoms with Gasteiger partial charge in [0, 0.05) is 6.04 Å². The Hall–Kier alpha value is -0.590. The summed E-state index contributed by atoms with van der Waals surface area (Å²) in [6.07, 6.45) is 9.20. The van der Waals surface area contributed by atoms with Crippen LogP contribution < -0.4 is 5.32 Å². The average molecular weight is 249 g/mol. The predicted molar refractivity (Wildman–Crippen MR) is 74.2 cm³/mol. The lowest BCUT2D eigenvalue weighted by atomic mass is 9.91. The Bertz CT molecular complexity index is 309. The molecule has 2 fully saturated rings. The Labute approximate surface area is 112 Å². The first-order valence-electron chi connectivity index (χ1n) is 7.53. The highest BCUT2D eigenvalue weighted by Crippen LogP contribution is 2.36. The van der Waals surface area contributed by atoms with Gasteiger partial charge in [0.25, 0.3) is 0 Å². The van der Waals surface area contributed by atoms with E-state index in [2.05, 4.69) is 16.3 Å². The molecule has 0 radical (unpaired) electrons. The standard InChI is InChI=1S/C15H27N3/c1-15(12-16,17-2)9-5-11-18-10-4-7-13-6-3-8-14(13)18/h13-14,17H,3-11H2,1-2H3. The summed E-state index contributed by atoms with van der Waals surface area (Å²) >= 11 is 0. The molecule has 3 atom stereocenters. The van der Waals surface area contributed by atoms with Crippen molar-refractivity contribution in [1.29, 1.82) is 5.26 Å². The first kappa shape index (κ1) is 13.8. The lowest BCUT2D eigenvalue weighted by Crippen LogP contribution is -2.44. The van der Waals surface area contributed by atoms with Gasteiger partial charge in [-0.1, -0.05) is 6.42 Å². The molecule has 3 unspecified atom stereocenters. The predicted octanol–water partition coefficient (Wildman–Crippen LogP) is 2.53. The molecule has 0 aromatic carbocycles. The fraction of sp³-hybridized carbons (Fsp3) is 0.933. The Morgan fingerprint density at radius 2 is 2.11 bits per heavy atom. The zero-order chi connectivity index (χ0) is 13.0. The summed E-state index contributed by atoms with van der Waals surface area (Å²) < 4.78 is 0. The molecule has 2 rings (SSSR count). The molecule has 3 nitrogen and oxygen atoms in total. The summed E-state index contributed by atoms with van der Waals surface area (Å²) in [7, 11) is 1.89. The summed E-state index contributed by atoms with van der Waals surface area (Å²) in [5.74, 6) is 0.977. The Morgan fingerprint density at radius 3 is 2.83 bits per heavy atom. The quantitative estimate of drug-likeness (QED) is 0.814. The number of likely N-dealkylation sites (tertiary alicyclic amines) is 1. The smallest absolute Gasteiger partial charge is 0.103 e. The third-order valence-corrected chi connectivity index (χ3v) is 5.03. The molecule has 0 bridgehead atoms. The summed E-state index contributed by atoms with van der Waals surface area (Å²) in [4.78, 5) is 2.70. The number of nitrogens with one attached hydrogen (secondary N) is 1. The van der Waals surface area contributed by atoms with Crippen molar-refractivity contribution in [2.24, 2.45) is 5.92 Å². The SMILES string of the molecule is CNC(C)(C#N)CCCN1CCCC2CCCC21. The van der Waals surface area contributed by atoms with Gasteiger partial charge in [0.05, 0.1) is 6.07 Å². The van der Waals surface area contributed by atoms with E-state index in [0.717, 1.165) is 24.8 Å². The molecule has 1 aliphatic heterocycles. The Kier molecular flexibility index (Phi) is 4.64. The van der Waals surface area contributed by atoms with E-state index in [0.29, 0.717) is 0 Å². The van der Waals surface area contributed by atoms with Gasteiger partial charge in [0.1, 0.15) is 5.54 Å². The largest absolute Gasteiger partial charge is 0.303 e. The van der Waals surface area contributed by atoms with Gasteiger partial charge in [-0.3, -0.25) is 0 Å². The van der Waals surface area contributed by atoms with Crippen LogP contribution >= 0.6 is 0 Å². The molecule has 1 N–H and O–H groups in total. The maximum atomic E-state index is 9.15. The van der Waals surface area contributed by atoms with Crippen LogP contribution in [0.4, 0.5) is 0 Å². The highest BCUT2D eigenvalue weighted by atomic mass is 15.2. The number of nitrogens with zero attached hydrogens (tertiary/aromatic N) is 2. The van der Waals surface area contributed by atoms with Crippen LogP contribution in [0, 0.1) is 17.2 Å². The monoisotopic (exact) mass is 249 g/mol. The van der Waals surface area contributed by atoms with Crippen molar-refractivity contribution in [3.8, 4) is 6.07 Å². The van der Waals surface area contributed by atoms with Gasteiger partial charge in [0.15, 0.2) is 0 Å². The van der Waals surface area contributed by atoms with Gasteiger partial charge in [-0.2, -0.15) is 5.26 Å². The molecule has 0 spiro atoms. The average Bonchev–Trinajstić information content (AvgIpc) is 2.87. The van der Waals surface area contributed by atoms with E-state index in [1.807, 2.05) is 14.0 Å². The lowest BCUT2D eigenvalue weighted by molar-refractivity contribution is 0.109. The number of hydrogen-bond acceptors (Lipinski definition) is 3. The molecular weight excluding hydrogens is 222 g/mol. The topological polar surface area (TPSA) is 39.1 Å². The number of hydrogen-bond donors (Lipinski definition) is 1. The van der Waals surface area contributed by atoms with Gasteiger partial charge in [-0.25, -0.2) is 0 Å². The molecule has 1 saturated carbocycles. The van der Waals surface area contributed by atoms with E-state index in [-0.39, 0.29) is 5.54 Å². The van der Waals surface area contributed by atoms with Crippen molar-refractivity contribution in [3.05, 3.63) is 0 Å². The first-order valence-corrected chi connectivity index (χ1v) is 7.53. The summed E-state index contributed by atoms with van der Waals surface area (Å²) in [6.45, 7) is 4.46. The first-order chi connectivity index (χ1) is 8.68. The van der Waals surface area contributed by atoms with E-state index in [9.17, 15) is 0 Å². The van der Waals surface area contributed by atoms with Crippen molar-refractivity contribution in [2.75, 3.05) is 20.1 Å². The fourth-order valence-corrected chi connectivity index (χ4v) is 3.71. The maximum Gasteiger partial charge on any atom is 0.103 e. The van der Waals surface area contributed by atoms with Crippen LogP contribution in [0.1, 0.15) is 51.9 Å². The number of rotatable bonds is 5. The van der Waals surface area contributed by atoms with E-state index in [1.165, 1.54) is 45.2 Å². The third-order valence-electron chi connectivity index (χ3n) is 5.03. The van der Waals surface area contributed by atoms with Crippen molar-refractivity contribution in [1.82, 2.24) is 10.2 Å². The second kappa shape index (κ2) is 6.04. The van der Waals surface area contributed by atoms with E-state index < -0.39 is 0 Å². The Morgan fingerprint density at radius 1 is 1.33 bits per heavy atom. The molecule has 1 saturated heterocycles. The van der Waals surface area contributed by atoms with Crippen molar-refractivity contribution in [2.45, 2.75) is 63.5 Å². The van der Waals surface area contributed by atoms with Gasteiger partial charge in [-0.05, 0) is 71.5 Å². The molecule has 1 heterocycles.